The highest BCUT2D eigenvalue weighted by Crippen LogP contribution is 2.53. The van der Waals surface area contributed by atoms with Crippen molar-refractivity contribution in [2.45, 2.75) is 89.6 Å². The van der Waals surface area contributed by atoms with Gasteiger partial charge in [0.2, 0.25) is 0 Å². The summed E-state index contributed by atoms with van der Waals surface area (Å²) in [7, 11) is -1.92. The van der Waals surface area contributed by atoms with Gasteiger partial charge in [-0.1, -0.05) is 39.0 Å². The Morgan fingerprint density at radius 3 is 2.67 bits per heavy atom. The van der Waals surface area contributed by atoms with Crippen LogP contribution in [0.15, 0.2) is 18.2 Å². The first-order valence-corrected chi connectivity index (χ1v) is 14.2. The van der Waals surface area contributed by atoms with Crippen LogP contribution in [0.3, 0.4) is 0 Å². The van der Waals surface area contributed by atoms with Gasteiger partial charge in [-0.2, -0.15) is 0 Å². The van der Waals surface area contributed by atoms with E-state index in [4.69, 9.17) is 13.9 Å². The van der Waals surface area contributed by atoms with Gasteiger partial charge in [-0.15, -0.1) is 0 Å². The number of rotatable bonds is 8. The Hall–Kier alpha value is -1.37. The summed E-state index contributed by atoms with van der Waals surface area (Å²) in [6.45, 7) is 13.6. The molecular formula is C24H38O5Si. The number of carbonyl (C=O) groups is 1. The van der Waals surface area contributed by atoms with Crippen molar-refractivity contribution in [3.8, 4) is 5.75 Å². The van der Waals surface area contributed by atoms with Crippen LogP contribution in [-0.2, 0) is 20.4 Å². The molecule has 1 aliphatic heterocycles. The van der Waals surface area contributed by atoms with Crippen molar-refractivity contribution in [1.29, 1.82) is 0 Å². The van der Waals surface area contributed by atoms with E-state index in [-0.39, 0.29) is 41.7 Å². The van der Waals surface area contributed by atoms with Gasteiger partial charge in [0.15, 0.2) is 8.32 Å². The van der Waals surface area contributed by atoms with Gasteiger partial charge in [-0.3, -0.25) is 4.79 Å². The Morgan fingerprint density at radius 1 is 1.30 bits per heavy atom. The molecule has 1 saturated carbocycles. The van der Waals surface area contributed by atoms with Crippen LogP contribution in [-0.4, -0.2) is 44.8 Å². The fourth-order valence-corrected chi connectivity index (χ4v) is 5.93. The topological polar surface area (TPSA) is 65.0 Å². The first kappa shape index (κ1) is 23.3. The zero-order valence-corrected chi connectivity index (χ0v) is 20.4. The Morgan fingerprint density at radius 2 is 2.03 bits per heavy atom. The Labute approximate surface area is 182 Å². The van der Waals surface area contributed by atoms with Crippen LogP contribution < -0.4 is 4.74 Å². The summed E-state index contributed by atoms with van der Waals surface area (Å²) in [5, 5.41) is 10.4. The molecule has 168 valence electrons. The molecule has 1 aromatic rings. The van der Waals surface area contributed by atoms with Gasteiger partial charge in [0.25, 0.3) is 0 Å². The molecule has 1 unspecified atom stereocenters. The van der Waals surface area contributed by atoms with Gasteiger partial charge >= 0.3 is 5.97 Å². The Kier molecular flexibility index (Phi) is 7.00. The standard InChI is InChI=1S/C24H38O5Si/c1-7-27-21(26)13-9-11-16-10-8-12-17-22-18(15-25)19(14-20(22)28-23(16)17)29-30(5,6)24(2,3)4/h8,10,12,18-20,22,25H,7,9,11,13-15H2,1-6H3/t18-,19?,20-,22+/m0/s1. The number of para-hydroxylation sites is 1. The van der Waals surface area contributed by atoms with Crippen molar-refractivity contribution >= 4 is 14.3 Å². The number of benzene rings is 1. The number of aliphatic hydroxyl groups is 1. The number of ether oxygens (including phenoxy) is 2. The SMILES string of the molecule is CCOC(=O)CCCc1cccc2c1O[C@H]1CC(O[Si](C)(C)C(C)(C)C)[C@H](CO)[C@@H]21. The lowest BCUT2D eigenvalue weighted by Gasteiger charge is -2.40. The number of carbonyl (C=O) groups excluding carboxylic acids is 1. The molecule has 0 bridgehead atoms. The summed E-state index contributed by atoms with van der Waals surface area (Å²) in [4.78, 5) is 11.6. The fraction of sp³-hybridized carbons (Fsp3) is 0.708. The first-order chi connectivity index (χ1) is 14.1. The normalized spacial score (nSPS) is 25.6. The number of fused-ring (bicyclic) bond motifs is 3. The lowest BCUT2D eigenvalue weighted by molar-refractivity contribution is -0.143. The molecule has 0 radical (unpaired) electrons. The third kappa shape index (κ3) is 4.60. The smallest absolute Gasteiger partial charge is 0.305 e. The second-order valence-electron chi connectivity index (χ2n) is 10.2. The molecule has 4 atom stereocenters. The average molecular weight is 435 g/mol. The fourth-order valence-electron chi connectivity index (χ4n) is 4.55. The van der Waals surface area contributed by atoms with Crippen molar-refractivity contribution in [2.75, 3.05) is 13.2 Å². The van der Waals surface area contributed by atoms with Gasteiger partial charge in [0.05, 0.1) is 12.7 Å². The van der Waals surface area contributed by atoms with Crippen molar-refractivity contribution in [1.82, 2.24) is 0 Å². The molecule has 3 rings (SSSR count). The van der Waals surface area contributed by atoms with E-state index in [9.17, 15) is 9.90 Å². The maximum atomic E-state index is 11.6. The molecule has 5 nitrogen and oxygen atoms in total. The minimum absolute atomic E-state index is 0.0338. The minimum atomic E-state index is -1.92. The molecule has 0 amide bonds. The van der Waals surface area contributed by atoms with Gasteiger partial charge < -0.3 is 19.0 Å². The van der Waals surface area contributed by atoms with E-state index >= 15 is 0 Å². The molecule has 0 spiro atoms. The number of aryl methyl sites for hydroxylation is 1. The Bertz CT molecular complexity index is 754. The number of aliphatic hydroxyl groups excluding tert-OH is 1. The largest absolute Gasteiger partial charge is 0.489 e. The van der Waals surface area contributed by atoms with Crippen molar-refractivity contribution in [2.24, 2.45) is 5.92 Å². The zero-order chi connectivity index (χ0) is 22.1. The third-order valence-electron chi connectivity index (χ3n) is 7.15. The highest BCUT2D eigenvalue weighted by Gasteiger charge is 2.53. The summed E-state index contributed by atoms with van der Waals surface area (Å²) in [6, 6.07) is 6.29. The maximum Gasteiger partial charge on any atom is 0.305 e. The minimum Gasteiger partial charge on any atom is -0.489 e. The molecule has 0 aromatic heterocycles. The second kappa shape index (κ2) is 9.01. The highest BCUT2D eigenvalue weighted by atomic mass is 28.4. The van der Waals surface area contributed by atoms with Crippen LogP contribution in [0.2, 0.25) is 18.1 Å². The van der Waals surface area contributed by atoms with E-state index in [0.29, 0.717) is 13.0 Å². The number of esters is 1. The van der Waals surface area contributed by atoms with Crippen LogP contribution >= 0.6 is 0 Å². The first-order valence-electron chi connectivity index (χ1n) is 11.3. The third-order valence-corrected chi connectivity index (χ3v) is 11.7. The monoisotopic (exact) mass is 434 g/mol. The van der Waals surface area contributed by atoms with Crippen LogP contribution in [0.4, 0.5) is 0 Å². The molecular weight excluding hydrogens is 396 g/mol. The van der Waals surface area contributed by atoms with Gasteiger partial charge in [0, 0.05) is 36.8 Å². The lowest BCUT2D eigenvalue weighted by atomic mass is 9.87. The predicted octanol–water partition coefficient (Wildman–Crippen LogP) is 4.82. The molecule has 30 heavy (non-hydrogen) atoms. The average Bonchev–Trinajstić information content (AvgIpc) is 3.16. The van der Waals surface area contributed by atoms with Crippen LogP contribution in [0.5, 0.6) is 5.75 Å². The van der Waals surface area contributed by atoms with E-state index in [2.05, 4.69) is 52.1 Å². The zero-order valence-electron chi connectivity index (χ0n) is 19.4. The van der Waals surface area contributed by atoms with E-state index in [1.807, 2.05) is 6.92 Å². The molecule has 0 saturated heterocycles. The Balaban J connectivity index is 1.73. The van der Waals surface area contributed by atoms with Crippen LogP contribution in [0.1, 0.15) is 64.0 Å². The van der Waals surface area contributed by atoms with Gasteiger partial charge in [-0.05, 0) is 43.5 Å². The van der Waals surface area contributed by atoms with E-state index in [0.717, 1.165) is 30.6 Å². The summed E-state index contributed by atoms with van der Waals surface area (Å²) in [5.74, 6) is 1.04. The molecule has 1 aliphatic carbocycles. The maximum absolute atomic E-state index is 11.6. The molecule has 1 heterocycles. The summed E-state index contributed by atoms with van der Waals surface area (Å²) in [5.41, 5.74) is 2.33. The summed E-state index contributed by atoms with van der Waals surface area (Å²) in [6.07, 6.45) is 2.86. The van der Waals surface area contributed by atoms with Crippen molar-refractivity contribution in [3.63, 3.8) is 0 Å². The number of hydrogen-bond donors (Lipinski definition) is 1. The molecule has 1 aromatic carbocycles. The summed E-state index contributed by atoms with van der Waals surface area (Å²) >= 11 is 0. The van der Waals surface area contributed by atoms with Crippen molar-refractivity contribution in [3.05, 3.63) is 29.3 Å². The van der Waals surface area contributed by atoms with E-state index < -0.39 is 8.32 Å². The van der Waals surface area contributed by atoms with E-state index in [1.165, 1.54) is 5.56 Å². The molecule has 6 heteroatoms. The molecule has 1 N–H and O–H groups in total. The van der Waals surface area contributed by atoms with Gasteiger partial charge in [-0.25, -0.2) is 0 Å². The quantitative estimate of drug-likeness (QED) is 0.469. The van der Waals surface area contributed by atoms with Crippen LogP contribution in [0.25, 0.3) is 0 Å². The highest BCUT2D eigenvalue weighted by molar-refractivity contribution is 6.74. The predicted molar refractivity (Wildman–Crippen MR) is 120 cm³/mol. The van der Waals surface area contributed by atoms with Crippen LogP contribution in [0, 0.1) is 5.92 Å². The van der Waals surface area contributed by atoms with Crippen molar-refractivity contribution < 1.29 is 23.8 Å². The molecule has 1 fully saturated rings. The molecule has 2 aliphatic rings. The van der Waals surface area contributed by atoms with Gasteiger partial charge in [0.1, 0.15) is 11.9 Å². The van der Waals surface area contributed by atoms with E-state index in [1.54, 1.807) is 0 Å². The number of hydrogen-bond acceptors (Lipinski definition) is 5. The second-order valence-corrected chi connectivity index (χ2v) is 14.9. The lowest BCUT2D eigenvalue weighted by Crippen LogP contribution is -2.45. The summed E-state index contributed by atoms with van der Waals surface area (Å²) < 4.78 is 18.2.